The number of pyridine rings is 3. The number of aliphatic carboxylic acids is 2. The number of carbonyl (C=O) groups excluding carboxylic acids is 1. The molecule has 1 aliphatic heterocycles. The SMILES string of the molecule is Cc1ccc(C(=O)N2CCCC(c3nc4ccc(-c5cccnc5)cn4n3)C2)nc1.O=C(O)C(F)(F)F.O=C(O)C(F)(F)F. The van der Waals surface area contributed by atoms with E-state index < -0.39 is 24.3 Å². The van der Waals surface area contributed by atoms with Crippen molar-refractivity contribution in [2.24, 2.45) is 0 Å². The fourth-order valence-corrected chi connectivity index (χ4v) is 3.91. The molecular weight excluding hydrogens is 602 g/mol. The van der Waals surface area contributed by atoms with E-state index in [2.05, 4.69) is 9.97 Å². The van der Waals surface area contributed by atoms with Gasteiger partial charge in [0.05, 0.1) is 0 Å². The number of carbonyl (C=O) groups is 3. The van der Waals surface area contributed by atoms with Crippen LogP contribution in [0, 0.1) is 6.92 Å². The van der Waals surface area contributed by atoms with Crippen LogP contribution < -0.4 is 0 Å². The Morgan fingerprint density at radius 2 is 1.57 bits per heavy atom. The summed E-state index contributed by atoms with van der Waals surface area (Å²) in [6, 6.07) is 11.7. The Balaban J connectivity index is 0.000000317. The number of nitrogens with zero attached hydrogens (tertiary/aromatic N) is 6. The molecule has 1 unspecified atom stereocenters. The van der Waals surface area contributed by atoms with Crippen LogP contribution in [0.3, 0.4) is 0 Å². The summed E-state index contributed by atoms with van der Waals surface area (Å²) in [6.45, 7) is 3.32. The van der Waals surface area contributed by atoms with Crippen molar-refractivity contribution < 1.29 is 50.9 Å². The number of amides is 1. The number of alkyl halides is 6. The molecule has 1 saturated heterocycles. The summed E-state index contributed by atoms with van der Waals surface area (Å²) in [4.78, 5) is 45.7. The molecule has 0 saturated carbocycles. The number of rotatable bonds is 3. The average molecular weight is 627 g/mol. The lowest BCUT2D eigenvalue weighted by Gasteiger charge is -2.31. The Bertz CT molecular complexity index is 1570. The van der Waals surface area contributed by atoms with E-state index in [0.717, 1.165) is 47.5 Å². The molecule has 0 aliphatic carbocycles. The van der Waals surface area contributed by atoms with Gasteiger partial charge in [-0.25, -0.2) is 19.1 Å². The number of hydrogen-bond acceptors (Lipinski definition) is 7. The van der Waals surface area contributed by atoms with Gasteiger partial charge in [0.25, 0.3) is 5.91 Å². The van der Waals surface area contributed by atoms with Crippen LogP contribution in [0.15, 0.2) is 61.2 Å². The molecule has 17 heteroatoms. The van der Waals surface area contributed by atoms with Gasteiger partial charge in [-0.1, -0.05) is 12.1 Å². The first-order chi connectivity index (χ1) is 20.6. The van der Waals surface area contributed by atoms with Gasteiger partial charge in [-0.2, -0.15) is 31.4 Å². The summed E-state index contributed by atoms with van der Waals surface area (Å²) in [6.07, 6.45) is -0.959. The molecule has 4 aromatic rings. The lowest BCUT2D eigenvalue weighted by molar-refractivity contribution is -0.193. The molecule has 0 radical (unpaired) electrons. The van der Waals surface area contributed by atoms with E-state index in [1.54, 1.807) is 18.5 Å². The molecule has 1 fully saturated rings. The molecule has 4 aromatic heterocycles. The second kappa shape index (κ2) is 13.9. The first kappa shape index (κ1) is 33.4. The summed E-state index contributed by atoms with van der Waals surface area (Å²) in [5.41, 5.74) is 4.42. The lowest BCUT2D eigenvalue weighted by atomic mass is 9.97. The monoisotopic (exact) mass is 626 g/mol. The molecule has 5 rings (SSSR count). The van der Waals surface area contributed by atoms with E-state index in [4.69, 9.17) is 29.9 Å². The van der Waals surface area contributed by atoms with Crippen LogP contribution >= 0.6 is 0 Å². The van der Waals surface area contributed by atoms with Gasteiger partial charge in [-0.05, 0) is 49.6 Å². The molecule has 0 spiro atoms. The highest BCUT2D eigenvalue weighted by atomic mass is 19.4. The molecule has 1 amide bonds. The summed E-state index contributed by atoms with van der Waals surface area (Å²) in [5, 5.41) is 19.0. The highest BCUT2D eigenvalue weighted by molar-refractivity contribution is 5.92. The average Bonchev–Trinajstić information content (AvgIpc) is 3.41. The molecule has 11 nitrogen and oxygen atoms in total. The topological polar surface area (TPSA) is 151 Å². The Morgan fingerprint density at radius 1 is 0.909 bits per heavy atom. The zero-order valence-corrected chi connectivity index (χ0v) is 22.7. The van der Waals surface area contributed by atoms with Gasteiger partial charge in [0.15, 0.2) is 11.5 Å². The quantitative estimate of drug-likeness (QED) is 0.306. The maximum absolute atomic E-state index is 12.9. The normalized spacial score (nSPS) is 15.0. The Labute approximate surface area is 244 Å². The van der Waals surface area contributed by atoms with Crippen molar-refractivity contribution in [1.29, 1.82) is 0 Å². The van der Waals surface area contributed by atoms with Crippen LogP contribution in [0.25, 0.3) is 16.8 Å². The minimum atomic E-state index is -5.08. The van der Waals surface area contributed by atoms with E-state index >= 15 is 0 Å². The smallest absolute Gasteiger partial charge is 0.475 e. The number of carboxylic acids is 2. The lowest BCUT2D eigenvalue weighted by Crippen LogP contribution is -2.39. The largest absolute Gasteiger partial charge is 0.490 e. The third kappa shape index (κ3) is 9.20. The third-order valence-electron chi connectivity index (χ3n) is 6.03. The number of aryl methyl sites for hydroxylation is 1. The summed E-state index contributed by atoms with van der Waals surface area (Å²) in [7, 11) is 0. The second-order valence-corrected chi connectivity index (χ2v) is 9.35. The van der Waals surface area contributed by atoms with Crippen LogP contribution in [-0.2, 0) is 9.59 Å². The van der Waals surface area contributed by atoms with Crippen LogP contribution in [0.2, 0.25) is 0 Å². The number of hydrogen-bond donors (Lipinski definition) is 2. The predicted molar refractivity (Wildman–Crippen MR) is 140 cm³/mol. The van der Waals surface area contributed by atoms with Crippen molar-refractivity contribution in [2.45, 2.75) is 38.0 Å². The highest BCUT2D eigenvalue weighted by Gasteiger charge is 2.39. The van der Waals surface area contributed by atoms with Crippen LogP contribution in [0.4, 0.5) is 26.3 Å². The van der Waals surface area contributed by atoms with Crippen molar-refractivity contribution in [3.63, 3.8) is 0 Å². The summed E-state index contributed by atoms with van der Waals surface area (Å²) in [5.74, 6) is -4.63. The fraction of sp³-hybridized carbons (Fsp3) is 0.296. The molecular formula is C27H24F6N6O5. The molecule has 44 heavy (non-hydrogen) atoms. The van der Waals surface area contributed by atoms with Crippen LogP contribution in [-0.4, -0.2) is 83.0 Å². The molecule has 5 heterocycles. The van der Waals surface area contributed by atoms with Crippen molar-refractivity contribution in [3.05, 3.63) is 78.3 Å². The van der Waals surface area contributed by atoms with Crippen molar-refractivity contribution in [1.82, 2.24) is 29.5 Å². The number of aromatic nitrogens is 5. The second-order valence-electron chi connectivity index (χ2n) is 9.35. The van der Waals surface area contributed by atoms with E-state index in [-0.39, 0.29) is 11.8 Å². The highest BCUT2D eigenvalue weighted by Crippen LogP contribution is 2.27. The van der Waals surface area contributed by atoms with Gasteiger partial charge in [0.2, 0.25) is 0 Å². The van der Waals surface area contributed by atoms with E-state index in [9.17, 15) is 31.1 Å². The Morgan fingerprint density at radius 3 is 2.11 bits per heavy atom. The molecule has 2 N–H and O–H groups in total. The zero-order valence-electron chi connectivity index (χ0n) is 22.7. The standard InChI is InChI=1S/C23H22N6O.2C2HF3O2/c1-16-6-8-20(25-12-16)23(30)28-11-3-5-19(14-28)22-26-21-9-7-18(15-29(21)27-22)17-4-2-10-24-13-17;2*3-2(4,5)1(6)7/h2,4,6-10,12-13,15,19H,3,5,11,14H2,1H3;2*(H,6,7). The summed E-state index contributed by atoms with van der Waals surface area (Å²) >= 11 is 0. The maximum atomic E-state index is 12.9. The first-order valence-electron chi connectivity index (χ1n) is 12.6. The van der Waals surface area contributed by atoms with Crippen LogP contribution in [0.1, 0.15) is 40.6 Å². The Hall–Kier alpha value is -5.09. The third-order valence-corrected chi connectivity index (χ3v) is 6.03. The predicted octanol–water partition coefficient (Wildman–Crippen LogP) is 4.78. The number of carboxylic acid groups (broad SMARTS) is 2. The summed E-state index contributed by atoms with van der Waals surface area (Å²) < 4.78 is 65.3. The molecule has 0 aromatic carbocycles. The van der Waals surface area contributed by atoms with Crippen LogP contribution in [0.5, 0.6) is 0 Å². The van der Waals surface area contributed by atoms with Gasteiger partial charge in [-0.3, -0.25) is 14.8 Å². The molecule has 1 aliphatic rings. The van der Waals surface area contributed by atoms with Gasteiger partial charge < -0.3 is 15.1 Å². The number of piperidine rings is 1. The first-order valence-corrected chi connectivity index (χ1v) is 12.6. The molecule has 234 valence electrons. The van der Waals surface area contributed by atoms with Gasteiger partial charge in [-0.15, -0.1) is 0 Å². The maximum Gasteiger partial charge on any atom is 0.490 e. The zero-order chi connectivity index (χ0) is 32.7. The molecule has 0 bridgehead atoms. The minimum Gasteiger partial charge on any atom is -0.475 e. The fourth-order valence-electron chi connectivity index (χ4n) is 3.91. The van der Waals surface area contributed by atoms with Crippen molar-refractivity contribution in [3.8, 4) is 11.1 Å². The van der Waals surface area contributed by atoms with E-state index in [1.807, 2.05) is 59.1 Å². The van der Waals surface area contributed by atoms with Gasteiger partial charge in [0, 0.05) is 54.9 Å². The minimum absolute atomic E-state index is 0.0256. The van der Waals surface area contributed by atoms with E-state index in [0.29, 0.717) is 12.2 Å². The van der Waals surface area contributed by atoms with Crippen molar-refractivity contribution >= 4 is 23.5 Å². The number of likely N-dealkylation sites (tertiary alicyclic amines) is 1. The van der Waals surface area contributed by atoms with E-state index in [1.165, 1.54) is 0 Å². The Kier molecular flexibility index (Phi) is 10.6. The number of fused-ring (bicyclic) bond motifs is 1. The molecule has 1 atom stereocenters. The van der Waals surface area contributed by atoms with Gasteiger partial charge >= 0.3 is 24.3 Å². The van der Waals surface area contributed by atoms with Gasteiger partial charge in [0.1, 0.15) is 5.69 Å². The number of halogens is 6. The van der Waals surface area contributed by atoms with Crippen molar-refractivity contribution in [2.75, 3.05) is 13.1 Å².